The molecule has 2 aliphatic heterocycles. The van der Waals surface area contributed by atoms with E-state index >= 15 is 0 Å². The summed E-state index contributed by atoms with van der Waals surface area (Å²) in [6.07, 6.45) is 1.21. The Morgan fingerprint density at radius 1 is 1.44 bits per heavy atom. The van der Waals surface area contributed by atoms with Gasteiger partial charge in [-0.25, -0.2) is 8.42 Å². The van der Waals surface area contributed by atoms with Crippen molar-refractivity contribution in [1.29, 1.82) is 0 Å². The molecule has 0 aliphatic carbocycles. The molecule has 1 atom stereocenters. The summed E-state index contributed by atoms with van der Waals surface area (Å²) in [5.74, 6) is 1.16. The van der Waals surface area contributed by atoms with Crippen molar-refractivity contribution in [1.82, 2.24) is 10.2 Å². The second-order valence-corrected chi connectivity index (χ2v) is 8.04. The van der Waals surface area contributed by atoms with Crippen LogP contribution in [0.4, 0.5) is 0 Å². The molecule has 0 spiro atoms. The molecular weight excluding hydrogens is 272 g/mol. The molecule has 5 nitrogen and oxygen atoms in total. The summed E-state index contributed by atoms with van der Waals surface area (Å²) >= 11 is 1.59. The third-order valence-corrected chi connectivity index (χ3v) is 6.01. The van der Waals surface area contributed by atoms with E-state index in [1.807, 2.05) is 0 Å². The fourth-order valence-corrected chi connectivity index (χ4v) is 4.86. The fourth-order valence-electron chi connectivity index (χ4n) is 2.05. The van der Waals surface area contributed by atoms with Crippen LogP contribution in [-0.2, 0) is 14.6 Å². The molecule has 0 aromatic carbocycles. The number of nitrogens with zero attached hydrogens (tertiary/aromatic N) is 1. The predicted molar refractivity (Wildman–Crippen MR) is 73.2 cm³/mol. The van der Waals surface area contributed by atoms with Crippen molar-refractivity contribution < 1.29 is 13.2 Å². The summed E-state index contributed by atoms with van der Waals surface area (Å²) in [6, 6.07) is 0. The van der Waals surface area contributed by atoms with E-state index in [2.05, 4.69) is 5.32 Å². The van der Waals surface area contributed by atoms with Gasteiger partial charge in [-0.3, -0.25) is 4.79 Å². The van der Waals surface area contributed by atoms with Crippen molar-refractivity contribution >= 4 is 27.5 Å². The van der Waals surface area contributed by atoms with E-state index in [0.29, 0.717) is 17.9 Å². The summed E-state index contributed by atoms with van der Waals surface area (Å²) in [5.41, 5.74) is 1.79. The average Bonchev–Trinajstić information content (AvgIpc) is 2.24. The number of carbonyl (C=O) groups is 1. The molecule has 1 amide bonds. The minimum Gasteiger partial charge on any atom is -0.320 e. The number of thioether (sulfide) groups is 1. The maximum atomic E-state index is 12.4. The molecule has 7 heteroatoms. The number of amides is 1. The molecule has 0 saturated carbocycles. The van der Waals surface area contributed by atoms with Crippen LogP contribution < -0.4 is 5.32 Å². The zero-order valence-corrected chi connectivity index (χ0v) is 12.2. The molecule has 1 unspecified atom stereocenters. The van der Waals surface area contributed by atoms with E-state index in [-0.39, 0.29) is 5.91 Å². The first-order chi connectivity index (χ1) is 8.41. The molecule has 0 aromatic heterocycles. The van der Waals surface area contributed by atoms with Crippen LogP contribution in [0.5, 0.6) is 0 Å². The van der Waals surface area contributed by atoms with Crippen LogP contribution in [0.25, 0.3) is 0 Å². The van der Waals surface area contributed by atoms with Gasteiger partial charge in [-0.05, 0) is 12.5 Å². The zero-order valence-electron chi connectivity index (χ0n) is 10.6. The smallest absolute Gasteiger partial charge is 0.250 e. The number of hydrogen-bond acceptors (Lipinski definition) is 5. The number of nitrogens with one attached hydrogen (secondary N) is 1. The summed E-state index contributed by atoms with van der Waals surface area (Å²) < 4.78 is 23.5. The van der Waals surface area contributed by atoms with Crippen molar-refractivity contribution in [2.24, 2.45) is 0 Å². The van der Waals surface area contributed by atoms with Crippen molar-refractivity contribution in [3.05, 3.63) is 11.1 Å². The Bertz CT molecular complexity index is 479. The first-order valence-corrected chi connectivity index (χ1v) is 8.99. The zero-order chi connectivity index (χ0) is 13.3. The Kier molecular flexibility index (Phi) is 4.03. The third kappa shape index (κ3) is 2.73. The van der Waals surface area contributed by atoms with Gasteiger partial charge < -0.3 is 10.2 Å². The molecule has 2 fully saturated rings. The highest BCUT2D eigenvalue weighted by Crippen LogP contribution is 2.23. The molecule has 18 heavy (non-hydrogen) atoms. The molecule has 102 valence electrons. The van der Waals surface area contributed by atoms with E-state index in [4.69, 9.17) is 0 Å². The van der Waals surface area contributed by atoms with Crippen LogP contribution in [0.15, 0.2) is 11.1 Å². The molecule has 1 N–H and O–H groups in total. The standard InChI is InChI=1S/C11H18N2O3S2/c1-8(9-5-12-6-9)11(14)13-3-4-17-7-10(13)18(2,15)16/h10,12H,3-7H2,1-2H3. The van der Waals surface area contributed by atoms with Crippen molar-refractivity contribution in [3.8, 4) is 0 Å². The second kappa shape index (κ2) is 5.22. The highest BCUT2D eigenvalue weighted by molar-refractivity contribution is 8.00. The molecular formula is C11H18N2O3S2. The van der Waals surface area contributed by atoms with E-state index in [0.717, 1.165) is 24.4 Å². The van der Waals surface area contributed by atoms with Gasteiger partial charge in [0, 0.05) is 43.0 Å². The van der Waals surface area contributed by atoms with Crippen LogP contribution in [0.1, 0.15) is 6.92 Å². The maximum absolute atomic E-state index is 12.4. The highest BCUT2D eigenvalue weighted by atomic mass is 32.2. The molecule has 0 bridgehead atoms. The van der Waals surface area contributed by atoms with Crippen molar-refractivity contribution in [2.75, 3.05) is 37.4 Å². The number of hydrogen-bond donors (Lipinski definition) is 1. The Hall–Kier alpha value is -0.530. The summed E-state index contributed by atoms with van der Waals surface area (Å²) in [7, 11) is -3.22. The van der Waals surface area contributed by atoms with Gasteiger partial charge in [0.2, 0.25) is 0 Å². The van der Waals surface area contributed by atoms with Gasteiger partial charge in [-0.15, -0.1) is 0 Å². The quantitative estimate of drug-likeness (QED) is 0.717. The Morgan fingerprint density at radius 3 is 2.61 bits per heavy atom. The van der Waals surface area contributed by atoms with Gasteiger partial charge in [0.25, 0.3) is 5.91 Å². The molecule has 0 radical (unpaired) electrons. The van der Waals surface area contributed by atoms with Gasteiger partial charge in [0.15, 0.2) is 9.84 Å². The van der Waals surface area contributed by atoms with Crippen molar-refractivity contribution in [2.45, 2.75) is 12.3 Å². The molecule has 2 rings (SSSR count). The minimum atomic E-state index is -3.22. The van der Waals surface area contributed by atoms with E-state index in [1.54, 1.807) is 18.7 Å². The first-order valence-electron chi connectivity index (χ1n) is 5.88. The predicted octanol–water partition coefficient (Wildman–Crippen LogP) is -0.148. The lowest BCUT2D eigenvalue weighted by Crippen LogP contribution is -2.51. The Morgan fingerprint density at radius 2 is 2.11 bits per heavy atom. The molecule has 0 aromatic rings. The van der Waals surface area contributed by atoms with E-state index in [9.17, 15) is 13.2 Å². The summed E-state index contributed by atoms with van der Waals surface area (Å²) in [6.45, 7) is 3.78. The minimum absolute atomic E-state index is 0.123. The first kappa shape index (κ1) is 13.9. The second-order valence-electron chi connectivity index (χ2n) is 4.69. The van der Waals surface area contributed by atoms with Gasteiger partial charge >= 0.3 is 0 Å². The Balaban J connectivity index is 2.21. The summed E-state index contributed by atoms with van der Waals surface area (Å²) in [5, 5.41) is 2.42. The molecule has 2 heterocycles. The lowest BCUT2D eigenvalue weighted by molar-refractivity contribution is -0.127. The fraction of sp³-hybridized carbons (Fsp3) is 0.727. The monoisotopic (exact) mass is 290 g/mol. The van der Waals surface area contributed by atoms with Gasteiger partial charge in [-0.2, -0.15) is 11.8 Å². The van der Waals surface area contributed by atoms with Crippen LogP contribution in [0.3, 0.4) is 0 Å². The largest absolute Gasteiger partial charge is 0.320 e. The summed E-state index contributed by atoms with van der Waals surface area (Å²) in [4.78, 5) is 13.9. The lowest BCUT2D eigenvalue weighted by Gasteiger charge is -2.35. The number of carbonyl (C=O) groups excluding carboxylic acids is 1. The number of rotatable bonds is 2. The van der Waals surface area contributed by atoms with Crippen LogP contribution >= 0.6 is 11.8 Å². The van der Waals surface area contributed by atoms with Crippen molar-refractivity contribution in [3.63, 3.8) is 0 Å². The normalized spacial score (nSPS) is 24.7. The van der Waals surface area contributed by atoms with Crippen LogP contribution in [-0.4, -0.2) is 62.0 Å². The molecule has 2 aliphatic rings. The van der Waals surface area contributed by atoms with Gasteiger partial charge in [0.05, 0.1) is 0 Å². The van der Waals surface area contributed by atoms with E-state index in [1.165, 1.54) is 11.2 Å². The lowest BCUT2D eigenvalue weighted by atomic mass is 10.0. The average molecular weight is 290 g/mol. The maximum Gasteiger partial charge on any atom is 0.250 e. The molecule has 2 saturated heterocycles. The van der Waals surface area contributed by atoms with Crippen LogP contribution in [0.2, 0.25) is 0 Å². The van der Waals surface area contributed by atoms with Crippen LogP contribution in [0, 0.1) is 0 Å². The topological polar surface area (TPSA) is 66.5 Å². The SMILES string of the molecule is CC(C(=O)N1CCSCC1S(C)(=O)=O)=C1CNC1. The van der Waals surface area contributed by atoms with E-state index < -0.39 is 15.2 Å². The van der Waals surface area contributed by atoms with Gasteiger partial charge in [0.1, 0.15) is 5.37 Å². The Labute approximate surface area is 112 Å². The van der Waals surface area contributed by atoms with Gasteiger partial charge in [-0.1, -0.05) is 0 Å². The highest BCUT2D eigenvalue weighted by Gasteiger charge is 2.35. The number of sulfone groups is 1. The third-order valence-electron chi connectivity index (χ3n) is 3.37.